The van der Waals surface area contributed by atoms with Gasteiger partial charge in [0.25, 0.3) is 0 Å². The standard InChI is InChI=1S/C10H18N2/c1-2-12-8-4-6-10(9-12)5-3-7-11/h10H,2,4,6-9,11H2,1H3. The molecule has 1 aliphatic heterocycles. The molecule has 2 heteroatoms. The molecule has 2 nitrogen and oxygen atoms in total. The summed E-state index contributed by atoms with van der Waals surface area (Å²) in [7, 11) is 0. The Balaban J connectivity index is 2.35. The first-order valence-electron chi connectivity index (χ1n) is 4.77. The molecule has 0 radical (unpaired) electrons. The summed E-state index contributed by atoms with van der Waals surface area (Å²) in [6, 6.07) is 0. The van der Waals surface area contributed by atoms with Crippen molar-refractivity contribution in [2.24, 2.45) is 11.7 Å². The SMILES string of the molecule is CCN1CCCC(C#CCN)C1. The number of likely N-dealkylation sites (tertiary alicyclic amines) is 1. The van der Waals surface area contributed by atoms with Crippen molar-refractivity contribution in [3.63, 3.8) is 0 Å². The molecule has 1 atom stereocenters. The van der Waals surface area contributed by atoms with Gasteiger partial charge in [-0.05, 0) is 25.9 Å². The molecule has 2 N–H and O–H groups in total. The van der Waals surface area contributed by atoms with Gasteiger partial charge in [-0.15, -0.1) is 0 Å². The van der Waals surface area contributed by atoms with Crippen LogP contribution in [0.15, 0.2) is 0 Å². The largest absolute Gasteiger partial charge is 0.320 e. The van der Waals surface area contributed by atoms with Crippen LogP contribution in [0.1, 0.15) is 19.8 Å². The second-order valence-electron chi connectivity index (χ2n) is 3.26. The van der Waals surface area contributed by atoms with E-state index in [-0.39, 0.29) is 0 Å². The molecule has 0 saturated carbocycles. The van der Waals surface area contributed by atoms with Crippen LogP contribution < -0.4 is 5.73 Å². The van der Waals surface area contributed by atoms with Crippen molar-refractivity contribution in [3.8, 4) is 11.8 Å². The Morgan fingerprint density at radius 2 is 2.42 bits per heavy atom. The fourth-order valence-corrected chi connectivity index (χ4v) is 1.66. The van der Waals surface area contributed by atoms with Gasteiger partial charge in [-0.2, -0.15) is 0 Å². The lowest BCUT2D eigenvalue weighted by molar-refractivity contribution is 0.210. The van der Waals surface area contributed by atoms with Gasteiger partial charge in [0.05, 0.1) is 6.54 Å². The second-order valence-corrected chi connectivity index (χ2v) is 3.26. The summed E-state index contributed by atoms with van der Waals surface area (Å²) >= 11 is 0. The lowest BCUT2D eigenvalue weighted by Crippen LogP contribution is -2.34. The number of hydrogen-bond acceptors (Lipinski definition) is 2. The van der Waals surface area contributed by atoms with Crippen molar-refractivity contribution in [2.75, 3.05) is 26.2 Å². The van der Waals surface area contributed by atoms with Crippen LogP contribution in [0.4, 0.5) is 0 Å². The maximum Gasteiger partial charge on any atom is 0.0551 e. The van der Waals surface area contributed by atoms with Gasteiger partial charge < -0.3 is 10.6 Å². The zero-order chi connectivity index (χ0) is 8.81. The van der Waals surface area contributed by atoms with Crippen LogP contribution in [0, 0.1) is 17.8 Å². The number of rotatable bonds is 1. The first-order chi connectivity index (χ1) is 5.86. The van der Waals surface area contributed by atoms with Crippen molar-refractivity contribution in [1.29, 1.82) is 0 Å². The zero-order valence-corrected chi connectivity index (χ0v) is 7.84. The number of nitrogens with zero attached hydrogens (tertiary/aromatic N) is 1. The molecule has 0 aliphatic carbocycles. The Morgan fingerprint density at radius 1 is 1.58 bits per heavy atom. The van der Waals surface area contributed by atoms with Crippen LogP contribution in [-0.4, -0.2) is 31.1 Å². The fraction of sp³-hybridized carbons (Fsp3) is 0.800. The predicted molar refractivity (Wildman–Crippen MR) is 51.7 cm³/mol. The highest BCUT2D eigenvalue weighted by Gasteiger charge is 2.15. The molecule has 1 fully saturated rings. The zero-order valence-electron chi connectivity index (χ0n) is 7.84. The topological polar surface area (TPSA) is 29.3 Å². The Kier molecular flexibility index (Phi) is 4.13. The van der Waals surface area contributed by atoms with Crippen molar-refractivity contribution in [3.05, 3.63) is 0 Å². The summed E-state index contributed by atoms with van der Waals surface area (Å²) in [6.45, 7) is 6.25. The minimum absolute atomic E-state index is 0.503. The van der Waals surface area contributed by atoms with Gasteiger partial charge in [0.1, 0.15) is 0 Å². The van der Waals surface area contributed by atoms with Gasteiger partial charge in [0, 0.05) is 12.5 Å². The van der Waals surface area contributed by atoms with E-state index >= 15 is 0 Å². The smallest absolute Gasteiger partial charge is 0.0551 e. The molecule has 0 spiro atoms. The summed E-state index contributed by atoms with van der Waals surface area (Å²) in [4.78, 5) is 2.46. The van der Waals surface area contributed by atoms with E-state index in [9.17, 15) is 0 Å². The molecule has 1 unspecified atom stereocenters. The molecule has 1 rings (SSSR count). The molecule has 0 bridgehead atoms. The summed E-state index contributed by atoms with van der Waals surface area (Å²) < 4.78 is 0. The highest BCUT2D eigenvalue weighted by atomic mass is 15.1. The molecule has 0 aromatic rings. The van der Waals surface area contributed by atoms with E-state index in [0.29, 0.717) is 12.5 Å². The monoisotopic (exact) mass is 166 g/mol. The molecule has 0 amide bonds. The van der Waals surface area contributed by atoms with E-state index in [2.05, 4.69) is 23.7 Å². The van der Waals surface area contributed by atoms with Crippen molar-refractivity contribution >= 4 is 0 Å². The Morgan fingerprint density at radius 3 is 3.08 bits per heavy atom. The van der Waals surface area contributed by atoms with Crippen LogP contribution in [-0.2, 0) is 0 Å². The van der Waals surface area contributed by atoms with Crippen molar-refractivity contribution < 1.29 is 0 Å². The molecule has 1 saturated heterocycles. The highest BCUT2D eigenvalue weighted by molar-refractivity contribution is 5.06. The van der Waals surface area contributed by atoms with Gasteiger partial charge in [0.15, 0.2) is 0 Å². The maximum absolute atomic E-state index is 5.33. The lowest BCUT2D eigenvalue weighted by atomic mass is 9.99. The first kappa shape index (κ1) is 9.57. The number of piperidine rings is 1. The molecular formula is C10H18N2. The number of hydrogen-bond donors (Lipinski definition) is 1. The molecule has 1 heterocycles. The van der Waals surface area contributed by atoms with Gasteiger partial charge in [0.2, 0.25) is 0 Å². The van der Waals surface area contributed by atoms with Crippen molar-refractivity contribution in [1.82, 2.24) is 4.90 Å². The molecule has 12 heavy (non-hydrogen) atoms. The molecule has 0 aromatic heterocycles. The first-order valence-corrected chi connectivity index (χ1v) is 4.77. The van der Waals surface area contributed by atoms with E-state index in [4.69, 9.17) is 5.73 Å². The highest BCUT2D eigenvalue weighted by Crippen LogP contribution is 2.14. The Hall–Kier alpha value is -0.520. The van der Waals surface area contributed by atoms with E-state index in [1.54, 1.807) is 0 Å². The van der Waals surface area contributed by atoms with Crippen LogP contribution in [0.3, 0.4) is 0 Å². The van der Waals surface area contributed by atoms with Crippen molar-refractivity contribution in [2.45, 2.75) is 19.8 Å². The van der Waals surface area contributed by atoms with Crippen LogP contribution >= 0.6 is 0 Å². The van der Waals surface area contributed by atoms with Crippen LogP contribution in [0.5, 0.6) is 0 Å². The van der Waals surface area contributed by atoms with Gasteiger partial charge in [-0.25, -0.2) is 0 Å². The number of nitrogens with two attached hydrogens (primary N) is 1. The molecular weight excluding hydrogens is 148 g/mol. The Bertz CT molecular complexity index is 178. The second kappa shape index (κ2) is 5.18. The van der Waals surface area contributed by atoms with E-state index in [1.807, 2.05) is 0 Å². The molecule has 0 aromatic carbocycles. The third-order valence-electron chi connectivity index (χ3n) is 2.36. The van der Waals surface area contributed by atoms with E-state index in [1.165, 1.54) is 19.4 Å². The maximum atomic E-state index is 5.33. The minimum atomic E-state index is 0.503. The van der Waals surface area contributed by atoms with Gasteiger partial charge in [-0.1, -0.05) is 18.8 Å². The van der Waals surface area contributed by atoms with E-state index in [0.717, 1.165) is 13.1 Å². The normalized spacial score (nSPS) is 24.7. The lowest BCUT2D eigenvalue weighted by Gasteiger charge is -2.28. The minimum Gasteiger partial charge on any atom is -0.320 e. The summed E-state index contributed by atoms with van der Waals surface area (Å²) in [5.41, 5.74) is 5.33. The average molecular weight is 166 g/mol. The summed E-state index contributed by atoms with van der Waals surface area (Å²) in [6.07, 6.45) is 2.54. The Labute approximate surface area is 75.1 Å². The predicted octanol–water partition coefficient (Wildman–Crippen LogP) is 0.680. The van der Waals surface area contributed by atoms with Gasteiger partial charge in [-0.3, -0.25) is 0 Å². The third kappa shape index (κ3) is 2.84. The van der Waals surface area contributed by atoms with Crippen LogP contribution in [0.25, 0.3) is 0 Å². The quantitative estimate of drug-likeness (QED) is 0.580. The summed E-state index contributed by atoms with van der Waals surface area (Å²) in [5.74, 6) is 6.75. The molecule has 68 valence electrons. The molecule has 1 aliphatic rings. The summed E-state index contributed by atoms with van der Waals surface area (Å²) in [5, 5.41) is 0. The van der Waals surface area contributed by atoms with Crippen LogP contribution in [0.2, 0.25) is 0 Å². The van der Waals surface area contributed by atoms with Gasteiger partial charge >= 0.3 is 0 Å². The van der Waals surface area contributed by atoms with E-state index < -0.39 is 0 Å². The fourth-order valence-electron chi connectivity index (χ4n) is 1.66. The average Bonchev–Trinajstić information content (AvgIpc) is 2.15. The third-order valence-corrected chi connectivity index (χ3v) is 2.36.